The van der Waals surface area contributed by atoms with Gasteiger partial charge in [-0.3, -0.25) is 0 Å². The normalized spacial score (nSPS) is 16.8. The number of hydrogen-bond acceptors (Lipinski definition) is 2. The Balaban J connectivity index is 1.93. The number of nitrogens with two attached hydrogens (primary N) is 1. The molecule has 0 bridgehead atoms. The van der Waals surface area contributed by atoms with Crippen LogP contribution in [0.15, 0.2) is 24.3 Å². The molecule has 3 N–H and O–H groups in total. The zero-order chi connectivity index (χ0) is 12.8. The smallest absolute Gasteiger partial charge is 0.321 e. The summed E-state index contributed by atoms with van der Waals surface area (Å²) < 4.78 is 0. The second kappa shape index (κ2) is 6.28. The van der Waals surface area contributed by atoms with Gasteiger partial charge in [-0.25, -0.2) is 4.79 Å². The van der Waals surface area contributed by atoms with Crippen molar-refractivity contribution in [3.8, 4) is 0 Å². The van der Waals surface area contributed by atoms with E-state index in [1.807, 2.05) is 23.1 Å². The van der Waals surface area contributed by atoms with Gasteiger partial charge in [-0.15, -0.1) is 0 Å². The molecular formula is C14H21N3O. The summed E-state index contributed by atoms with van der Waals surface area (Å²) in [5, 5.41) is 2.91. The lowest BCUT2D eigenvalue weighted by Crippen LogP contribution is -2.37. The predicted octanol–water partition coefficient (Wildman–Crippen LogP) is 3.07. The number of nitrogen functional groups attached to an aromatic ring is 1. The van der Waals surface area contributed by atoms with Gasteiger partial charge in [-0.1, -0.05) is 25.3 Å². The van der Waals surface area contributed by atoms with Gasteiger partial charge in [0, 0.05) is 24.5 Å². The average molecular weight is 247 g/mol. The van der Waals surface area contributed by atoms with Crippen molar-refractivity contribution in [3.63, 3.8) is 0 Å². The molecule has 98 valence electrons. The zero-order valence-corrected chi connectivity index (χ0v) is 10.7. The van der Waals surface area contributed by atoms with Gasteiger partial charge in [0.1, 0.15) is 0 Å². The highest BCUT2D eigenvalue weighted by Gasteiger charge is 2.14. The fourth-order valence-corrected chi connectivity index (χ4v) is 2.27. The highest BCUT2D eigenvalue weighted by molar-refractivity contribution is 5.89. The molecule has 1 saturated heterocycles. The molecule has 4 heteroatoms. The van der Waals surface area contributed by atoms with Gasteiger partial charge in [-0.05, 0) is 31.0 Å². The van der Waals surface area contributed by atoms with E-state index in [1.54, 1.807) is 6.07 Å². The molecule has 1 aromatic rings. The van der Waals surface area contributed by atoms with Gasteiger partial charge < -0.3 is 16.0 Å². The van der Waals surface area contributed by atoms with E-state index in [2.05, 4.69) is 5.32 Å². The Labute approximate surface area is 108 Å². The topological polar surface area (TPSA) is 58.4 Å². The van der Waals surface area contributed by atoms with E-state index in [4.69, 9.17) is 5.73 Å². The number of anilines is 2. The molecule has 1 aliphatic heterocycles. The van der Waals surface area contributed by atoms with Gasteiger partial charge in [0.25, 0.3) is 0 Å². The molecule has 0 aromatic heterocycles. The lowest BCUT2D eigenvalue weighted by Gasteiger charge is -2.25. The van der Waals surface area contributed by atoms with Gasteiger partial charge in [-0.2, -0.15) is 0 Å². The zero-order valence-electron chi connectivity index (χ0n) is 10.7. The molecule has 1 heterocycles. The summed E-state index contributed by atoms with van der Waals surface area (Å²) in [6.07, 6.45) is 5.95. The van der Waals surface area contributed by atoms with Gasteiger partial charge in [0.2, 0.25) is 0 Å². The number of likely N-dealkylation sites (tertiary alicyclic amines) is 1. The maximum atomic E-state index is 12.1. The summed E-state index contributed by atoms with van der Waals surface area (Å²) >= 11 is 0. The molecule has 0 aliphatic carbocycles. The van der Waals surface area contributed by atoms with Crippen molar-refractivity contribution < 1.29 is 4.79 Å². The number of hydrogen-bond donors (Lipinski definition) is 2. The molecule has 0 unspecified atom stereocenters. The van der Waals surface area contributed by atoms with E-state index < -0.39 is 0 Å². The van der Waals surface area contributed by atoms with E-state index in [0.717, 1.165) is 31.6 Å². The Kier molecular flexibility index (Phi) is 4.45. The highest BCUT2D eigenvalue weighted by atomic mass is 16.2. The maximum absolute atomic E-state index is 12.1. The largest absolute Gasteiger partial charge is 0.399 e. The van der Waals surface area contributed by atoms with Gasteiger partial charge in [0.05, 0.1) is 0 Å². The molecule has 18 heavy (non-hydrogen) atoms. The first-order valence-corrected chi connectivity index (χ1v) is 6.67. The Hall–Kier alpha value is -1.71. The summed E-state index contributed by atoms with van der Waals surface area (Å²) in [5.41, 5.74) is 7.13. The quantitative estimate of drug-likeness (QED) is 0.749. The summed E-state index contributed by atoms with van der Waals surface area (Å²) in [6.45, 7) is 1.71. The van der Waals surface area contributed by atoms with E-state index >= 15 is 0 Å². The van der Waals surface area contributed by atoms with Crippen LogP contribution in [-0.2, 0) is 0 Å². The fourth-order valence-electron chi connectivity index (χ4n) is 2.27. The van der Waals surface area contributed by atoms with E-state index in [0.29, 0.717) is 5.69 Å². The third-order valence-corrected chi connectivity index (χ3v) is 3.28. The van der Waals surface area contributed by atoms with Gasteiger partial charge >= 0.3 is 6.03 Å². The molecule has 0 saturated carbocycles. The third-order valence-electron chi connectivity index (χ3n) is 3.28. The van der Waals surface area contributed by atoms with Crippen LogP contribution in [0.1, 0.15) is 32.1 Å². The Morgan fingerprint density at radius 1 is 1.11 bits per heavy atom. The van der Waals surface area contributed by atoms with Crippen molar-refractivity contribution >= 4 is 17.4 Å². The molecule has 2 rings (SSSR count). The van der Waals surface area contributed by atoms with Crippen LogP contribution < -0.4 is 11.1 Å². The molecule has 4 nitrogen and oxygen atoms in total. The highest BCUT2D eigenvalue weighted by Crippen LogP contribution is 2.15. The minimum absolute atomic E-state index is 0.0116. The first-order valence-electron chi connectivity index (χ1n) is 6.67. The Bertz CT molecular complexity index is 398. The molecule has 1 fully saturated rings. The molecule has 0 radical (unpaired) electrons. The van der Waals surface area contributed by atoms with Crippen LogP contribution in [0.5, 0.6) is 0 Å². The summed E-state index contributed by atoms with van der Waals surface area (Å²) in [7, 11) is 0. The maximum Gasteiger partial charge on any atom is 0.321 e. The Morgan fingerprint density at radius 3 is 2.44 bits per heavy atom. The van der Waals surface area contributed by atoms with Crippen molar-refractivity contribution in [3.05, 3.63) is 24.3 Å². The van der Waals surface area contributed by atoms with Crippen molar-refractivity contribution in [1.82, 2.24) is 4.90 Å². The van der Waals surface area contributed by atoms with Crippen LogP contribution in [0.25, 0.3) is 0 Å². The van der Waals surface area contributed by atoms with Crippen molar-refractivity contribution in [2.24, 2.45) is 0 Å². The second-order valence-corrected chi connectivity index (χ2v) is 4.81. The number of rotatable bonds is 1. The minimum atomic E-state index is -0.0116. The van der Waals surface area contributed by atoms with Crippen molar-refractivity contribution in [1.29, 1.82) is 0 Å². The Morgan fingerprint density at radius 2 is 1.78 bits per heavy atom. The standard InChI is InChI=1S/C14H21N3O/c15-12-7-6-8-13(11-12)16-14(18)17-9-4-2-1-3-5-10-17/h6-8,11H,1-5,9-10,15H2,(H,16,18). The molecule has 0 spiro atoms. The van der Waals surface area contributed by atoms with Gasteiger partial charge in [0.15, 0.2) is 0 Å². The molecular weight excluding hydrogens is 226 g/mol. The van der Waals surface area contributed by atoms with E-state index in [9.17, 15) is 4.79 Å². The fraction of sp³-hybridized carbons (Fsp3) is 0.500. The van der Waals surface area contributed by atoms with E-state index in [1.165, 1.54) is 19.3 Å². The number of nitrogens with one attached hydrogen (secondary N) is 1. The van der Waals surface area contributed by atoms with Crippen molar-refractivity contribution in [2.45, 2.75) is 32.1 Å². The minimum Gasteiger partial charge on any atom is -0.399 e. The van der Waals surface area contributed by atoms with Crippen LogP contribution in [0, 0.1) is 0 Å². The SMILES string of the molecule is Nc1cccc(NC(=O)N2CCCCCCC2)c1. The van der Waals surface area contributed by atoms with Crippen LogP contribution in [0.2, 0.25) is 0 Å². The lowest BCUT2D eigenvalue weighted by molar-refractivity contribution is 0.206. The lowest BCUT2D eigenvalue weighted by atomic mass is 10.1. The molecule has 2 amide bonds. The summed E-state index contributed by atoms with van der Waals surface area (Å²) in [5.74, 6) is 0. The summed E-state index contributed by atoms with van der Waals surface area (Å²) in [6, 6.07) is 7.28. The first kappa shape index (κ1) is 12.7. The monoisotopic (exact) mass is 247 g/mol. The number of amides is 2. The number of nitrogens with zero attached hydrogens (tertiary/aromatic N) is 1. The second-order valence-electron chi connectivity index (χ2n) is 4.81. The van der Waals surface area contributed by atoms with Crippen LogP contribution >= 0.6 is 0 Å². The first-order chi connectivity index (χ1) is 8.75. The third kappa shape index (κ3) is 3.65. The van der Waals surface area contributed by atoms with Crippen LogP contribution in [-0.4, -0.2) is 24.0 Å². The number of carbonyl (C=O) groups is 1. The number of benzene rings is 1. The molecule has 1 aromatic carbocycles. The average Bonchev–Trinajstić information content (AvgIpc) is 2.28. The molecule has 1 aliphatic rings. The van der Waals surface area contributed by atoms with Crippen molar-refractivity contribution in [2.75, 3.05) is 24.1 Å². The number of urea groups is 1. The molecule has 0 atom stereocenters. The predicted molar refractivity (Wildman–Crippen MR) is 74.5 cm³/mol. The number of carbonyl (C=O) groups excluding carboxylic acids is 1. The van der Waals surface area contributed by atoms with Crippen LogP contribution in [0.4, 0.5) is 16.2 Å². The summed E-state index contributed by atoms with van der Waals surface area (Å²) in [4.78, 5) is 14.0. The van der Waals surface area contributed by atoms with Crippen LogP contribution in [0.3, 0.4) is 0 Å². The van der Waals surface area contributed by atoms with E-state index in [-0.39, 0.29) is 6.03 Å².